The number of likely N-dealkylation sites (N-methyl/N-ethyl adjacent to an activating group) is 1. The van der Waals surface area contributed by atoms with E-state index >= 15 is 0 Å². The summed E-state index contributed by atoms with van der Waals surface area (Å²) in [4.78, 5) is 2.48. The lowest BCUT2D eigenvalue weighted by atomic mass is 10.1. The molecule has 1 fully saturated rings. The number of hydrogen-bond acceptors (Lipinski definition) is 3. The summed E-state index contributed by atoms with van der Waals surface area (Å²) in [6.07, 6.45) is 2.32. The Morgan fingerprint density at radius 1 is 1.28 bits per heavy atom. The molecule has 1 saturated heterocycles. The summed E-state index contributed by atoms with van der Waals surface area (Å²) in [5, 5.41) is 3.49. The minimum Gasteiger partial charge on any atom is -0.383 e. The summed E-state index contributed by atoms with van der Waals surface area (Å²) in [5.41, 5.74) is 1.20. The molecule has 0 aliphatic carbocycles. The van der Waals surface area contributed by atoms with Gasteiger partial charge in [-0.2, -0.15) is 0 Å². The van der Waals surface area contributed by atoms with E-state index in [1.807, 2.05) is 6.07 Å². The molecule has 1 aliphatic rings. The van der Waals surface area contributed by atoms with Gasteiger partial charge < -0.3 is 10.1 Å². The Bertz CT molecular complexity index is 336. The third-order valence-corrected chi connectivity index (χ3v) is 3.84. The van der Waals surface area contributed by atoms with Crippen LogP contribution in [0.2, 0.25) is 0 Å². The number of anilines is 1. The average molecular weight is 248 g/mol. The summed E-state index contributed by atoms with van der Waals surface area (Å²) >= 11 is 0. The number of benzene rings is 1. The monoisotopic (exact) mass is 248 g/mol. The molecule has 100 valence electrons. The van der Waals surface area contributed by atoms with Crippen LogP contribution in [-0.2, 0) is 4.74 Å². The number of nitrogens with zero attached hydrogens (tertiary/aromatic N) is 1. The zero-order chi connectivity index (χ0) is 12.8. The van der Waals surface area contributed by atoms with Gasteiger partial charge in [0.05, 0.1) is 0 Å². The second-order valence-electron chi connectivity index (χ2n) is 5.10. The van der Waals surface area contributed by atoms with Crippen molar-refractivity contribution in [1.82, 2.24) is 4.90 Å². The molecule has 0 amide bonds. The quantitative estimate of drug-likeness (QED) is 0.867. The molecule has 3 nitrogen and oxygen atoms in total. The zero-order valence-corrected chi connectivity index (χ0v) is 11.4. The summed E-state index contributed by atoms with van der Waals surface area (Å²) < 4.78 is 5.42. The van der Waals surface area contributed by atoms with E-state index in [0.29, 0.717) is 12.1 Å². The molecule has 0 spiro atoms. The fourth-order valence-corrected chi connectivity index (χ4v) is 2.42. The van der Waals surface area contributed by atoms with E-state index in [0.717, 1.165) is 32.6 Å². The molecule has 3 heteroatoms. The first kappa shape index (κ1) is 13.4. The van der Waals surface area contributed by atoms with Crippen molar-refractivity contribution in [2.45, 2.75) is 31.8 Å². The van der Waals surface area contributed by atoms with Gasteiger partial charge in [0.15, 0.2) is 0 Å². The lowest BCUT2D eigenvalue weighted by molar-refractivity contribution is 0.0329. The van der Waals surface area contributed by atoms with E-state index in [9.17, 15) is 0 Å². The predicted octanol–water partition coefficient (Wildman–Crippen LogP) is 2.60. The topological polar surface area (TPSA) is 24.5 Å². The first-order valence-electron chi connectivity index (χ1n) is 6.86. The van der Waals surface area contributed by atoms with Gasteiger partial charge in [0, 0.05) is 37.5 Å². The van der Waals surface area contributed by atoms with E-state index < -0.39 is 0 Å². The van der Waals surface area contributed by atoms with Crippen molar-refractivity contribution >= 4 is 5.69 Å². The fraction of sp³-hybridized carbons (Fsp3) is 0.600. The van der Waals surface area contributed by atoms with Crippen molar-refractivity contribution in [3.63, 3.8) is 0 Å². The number of para-hydroxylation sites is 1. The standard InChI is InChI=1S/C15H24N2O/c1-13(12-16-14-6-4-3-5-7-14)17(2)15-8-10-18-11-9-15/h3-7,13,15-16H,8-12H2,1-2H3. The Balaban J connectivity index is 1.78. The Kier molecular flexibility index (Phi) is 5.02. The normalized spacial score (nSPS) is 18.8. The number of nitrogens with one attached hydrogen (secondary N) is 1. The first-order valence-corrected chi connectivity index (χ1v) is 6.86. The minimum atomic E-state index is 0.535. The summed E-state index contributed by atoms with van der Waals surface area (Å²) in [6.45, 7) is 5.09. The second-order valence-corrected chi connectivity index (χ2v) is 5.10. The highest BCUT2D eigenvalue weighted by atomic mass is 16.5. The molecule has 1 unspecified atom stereocenters. The SMILES string of the molecule is CC(CNc1ccccc1)N(C)C1CCOCC1. The number of rotatable bonds is 5. The van der Waals surface area contributed by atoms with E-state index in [2.05, 4.69) is 48.5 Å². The highest BCUT2D eigenvalue weighted by Crippen LogP contribution is 2.15. The molecule has 1 N–H and O–H groups in total. The van der Waals surface area contributed by atoms with Crippen molar-refractivity contribution in [1.29, 1.82) is 0 Å². The fourth-order valence-electron chi connectivity index (χ4n) is 2.42. The highest BCUT2D eigenvalue weighted by Gasteiger charge is 2.21. The van der Waals surface area contributed by atoms with Gasteiger partial charge >= 0.3 is 0 Å². The van der Waals surface area contributed by atoms with E-state index in [-0.39, 0.29) is 0 Å². The Hall–Kier alpha value is -1.06. The molecule has 0 saturated carbocycles. The number of hydrogen-bond donors (Lipinski definition) is 1. The molecule has 18 heavy (non-hydrogen) atoms. The van der Waals surface area contributed by atoms with Crippen LogP contribution in [0.4, 0.5) is 5.69 Å². The molecular weight excluding hydrogens is 224 g/mol. The Morgan fingerprint density at radius 2 is 1.94 bits per heavy atom. The molecule has 0 radical (unpaired) electrons. The maximum atomic E-state index is 5.42. The maximum Gasteiger partial charge on any atom is 0.0480 e. The van der Waals surface area contributed by atoms with Gasteiger partial charge in [-0.15, -0.1) is 0 Å². The van der Waals surface area contributed by atoms with Crippen molar-refractivity contribution in [2.24, 2.45) is 0 Å². The summed E-state index contributed by atoms with van der Waals surface area (Å²) in [7, 11) is 2.23. The van der Waals surface area contributed by atoms with Crippen LogP contribution in [0.3, 0.4) is 0 Å². The molecule has 1 aromatic carbocycles. The van der Waals surface area contributed by atoms with Crippen molar-refractivity contribution in [3.05, 3.63) is 30.3 Å². The van der Waals surface area contributed by atoms with E-state index in [4.69, 9.17) is 4.74 Å². The van der Waals surface area contributed by atoms with E-state index in [1.165, 1.54) is 5.69 Å². The Labute approximate surface area is 110 Å². The van der Waals surface area contributed by atoms with Crippen LogP contribution in [-0.4, -0.2) is 43.8 Å². The first-order chi connectivity index (χ1) is 8.77. The van der Waals surface area contributed by atoms with Crippen molar-refractivity contribution < 1.29 is 4.74 Å². The summed E-state index contributed by atoms with van der Waals surface area (Å²) in [6, 6.07) is 11.6. The van der Waals surface area contributed by atoms with E-state index in [1.54, 1.807) is 0 Å². The third kappa shape index (κ3) is 3.72. The van der Waals surface area contributed by atoms with Gasteiger partial charge in [-0.3, -0.25) is 4.90 Å². The molecule has 1 aromatic rings. The molecule has 1 atom stereocenters. The molecular formula is C15H24N2O. The van der Waals surface area contributed by atoms with Crippen LogP contribution < -0.4 is 5.32 Å². The van der Waals surface area contributed by atoms with Crippen LogP contribution >= 0.6 is 0 Å². The highest BCUT2D eigenvalue weighted by molar-refractivity contribution is 5.42. The van der Waals surface area contributed by atoms with Gasteiger partial charge in [0.2, 0.25) is 0 Å². The molecule has 0 bridgehead atoms. The average Bonchev–Trinajstić information content (AvgIpc) is 2.46. The predicted molar refractivity (Wildman–Crippen MR) is 76.0 cm³/mol. The summed E-state index contributed by atoms with van der Waals surface area (Å²) in [5.74, 6) is 0. The smallest absolute Gasteiger partial charge is 0.0480 e. The van der Waals surface area contributed by atoms with Crippen LogP contribution in [0.15, 0.2) is 30.3 Å². The van der Waals surface area contributed by atoms with Gasteiger partial charge in [-0.25, -0.2) is 0 Å². The van der Waals surface area contributed by atoms with Gasteiger partial charge in [-0.1, -0.05) is 18.2 Å². The lowest BCUT2D eigenvalue weighted by Crippen LogP contribution is -2.44. The van der Waals surface area contributed by atoms with Crippen molar-refractivity contribution in [2.75, 3.05) is 32.1 Å². The Morgan fingerprint density at radius 3 is 2.61 bits per heavy atom. The van der Waals surface area contributed by atoms with Gasteiger partial charge in [-0.05, 0) is 38.9 Å². The second kappa shape index (κ2) is 6.76. The number of ether oxygens (including phenoxy) is 1. The van der Waals surface area contributed by atoms with Crippen LogP contribution in [0, 0.1) is 0 Å². The van der Waals surface area contributed by atoms with Crippen LogP contribution in [0.1, 0.15) is 19.8 Å². The van der Waals surface area contributed by atoms with Gasteiger partial charge in [0.1, 0.15) is 0 Å². The lowest BCUT2D eigenvalue weighted by Gasteiger charge is -2.35. The van der Waals surface area contributed by atoms with Crippen LogP contribution in [0.25, 0.3) is 0 Å². The molecule has 1 heterocycles. The molecule has 0 aromatic heterocycles. The van der Waals surface area contributed by atoms with Crippen LogP contribution in [0.5, 0.6) is 0 Å². The third-order valence-electron chi connectivity index (χ3n) is 3.84. The van der Waals surface area contributed by atoms with Crippen molar-refractivity contribution in [3.8, 4) is 0 Å². The molecule has 1 aliphatic heterocycles. The zero-order valence-electron chi connectivity index (χ0n) is 11.4. The molecule has 2 rings (SSSR count). The largest absolute Gasteiger partial charge is 0.383 e. The maximum absolute atomic E-state index is 5.42. The minimum absolute atomic E-state index is 0.535. The van der Waals surface area contributed by atoms with Gasteiger partial charge in [0.25, 0.3) is 0 Å².